The van der Waals surface area contributed by atoms with Crippen molar-refractivity contribution >= 4 is 29.4 Å². The van der Waals surface area contributed by atoms with E-state index in [2.05, 4.69) is 12.2 Å². The van der Waals surface area contributed by atoms with Crippen molar-refractivity contribution in [3.05, 3.63) is 28.3 Å². The number of rotatable bonds is 4. The Morgan fingerprint density at radius 3 is 2.54 bits per heavy atom. The number of benzene rings is 1. The Morgan fingerprint density at radius 2 is 2.00 bits per heavy atom. The van der Waals surface area contributed by atoms with Gasteiger partial charge in [0.1, 0.15) is 0 Å². The van der Waals surface area contributed by atoms with Crippen LogP contribution in [0.3, 0.4) is 0 Å². The van der Waals surface area contributed by atoms with Gasteiger partial charge >= 0.3 is 12.1 Å². The number of hydrogen-bond acceptors (Lipinski definition) is 4. The fourth-order valence-corrected chi connectivity index (χ4v) is 3.34. The summed E-state index contributed by atoms with van der Waals surface area (Å²) in [6.07, 6.45) is 0.736. The highest BCUT2D eigenvalue weighted by atomic mass is 35.5. The minimum Gasteiger partial charge on any atom is -0.465 e. The normalized spacial score (nSPS) is 16.6. The Bertz CT molecular complexity index is 627. The van der Waals surface area contributed by atoms with Crippen LogP contribution in [-0.2, 0) is 4.74 Å². The first-order valence-corrected chi connectivity index (χ1v) is 8.34. The number of hydrogen-bond donors (Lipinski definition) is 2. The van der Waals surface area contributed by atoms with Crippen LogP contribution in [0.15, 0.2) is 12.1 Å². The molecule has 1 aliphatic rings. The number of methoxy groups -OCH3 is 1. The molecule has 132 valence electrons. The second-order valence-corrected chi connectivity index (χ2v) is 6.59. The zero-order valence-electron chi connectivity index (χ0n) is 14.1. The lowest BCUT2D eigenvalue weighted by Crippen LogP contribution is -2.41. The highest BCUT2D eigenvalue weighted by molar-refractivity contribution is 6.33. The molecule has 1 aromatic rings. The van der Waals surface area contributed by atoms with E-state index < -0.39 is 12.1 Å². The Labute approximate surface area is 146 Å². The summed E-state index contributed by atoms with van der Waals surface area (Å²) in [6.45, 7) is 4.95. The first-order valence-electron chi connectivity index (χ1n) is 7.96. The van der Waals surface area contributed by atoms with Gasteiger partial charge in [0.2, 0.25) is 0 Å². The second kappa shape index (κ2) is 7.75. The van der Waals surface area contributed by atoms with Crippen molar-refractivity contribution in [3.63, 3.8) is 0 Å². The van der Waals surface area contributed by atoms with Crippen LogP contribution >= 0.6 is 11.6 Å². The monoisotopic (exact) mass is 354 g/mol. The molecule has 1 heterocycles. The number of esters is 1. The zero-order valence-corrected chi connectivity index (χ0v) is 14.9. The van der Waals surface area contributed by atoms with Crippen LogP contribution in [0.5, 0.6) is 0 Å². The quantitative estimate of drug-likeness (QED) is 0.807. The minimum atomic E-state index is -0.863. The average molecular weight is 355 g/mol. The van der Waals surface area contributed by atoms with Crippen LogP contribution in [0.1, 0.15) is 35.7 Å². The Hall–Kier alpha value is -1.95. The number of amides is 1. The molecule has 0 aliphatic carbocycles. The van der Waals surface area contributed by atoms with Crippen LogP contribution in [-0.4, -0.2) is 48.3 Å². The molecule has 2 N–H and O–H groups in total. The molecule has 2 rings (SSSR count). The van der Waals surface area contributed by atoms with Gasteiger partial charge in [-0.25, -0.2) is 9.59 Å². The molecule has 1 atom stereocenters. The van der Waals surface area contributed by atoms with E-state index >= 15 is 0 Å². The van der Waals surface area contributed by atoms with Crippen molar-refractivity contribution in [2.24, 2.45) is 5.92 Å². The van der Waals surface area contributed by atoms with Crippen molar-refractivity contribution < 1.29 is 19.4 Å². The van der Waals surface area contributed by atoms with E-state index in [1.165, 1.54) is 12.0 Å². The molecule has 0 radical (unpaired) electrons. The van der Waals surface area contributed by atoms with E-state index in [-0.39, 0.29) is 6.04 Å². The standard InChI is InChI=1S/C17H23ClN2O4/c1-10-8-14(18)15(9-13(10)16(21)24-3)19-11(2)12-4-6-20(7-5-12)17(22)23/h8-9,11-12,19H,4-7H2,1-3H3,(H,22,23). The fourth-order valence-electron chi connectivity index (χ4n) is 3.07. The Morgan fingerprint density at radius 1 is 1.38 bits per heavy atom. The summed E-state index contributed by atoms with van der Waals surface area (Å²) in [5.74, 6) is -0.0471. The molecule has 0 saturated carbocycles. The molecule has 0 spiro atoms. The maximum atomic E-state index is 11.8. The number of nitrogens with one attached hydrogen (secondary N) is 1. The molecule has 1 aromatic carbocycles. The van der Waals surface area contributed by atoms with Crippen LogP contribution in [0, 0.1) is 12.8 Å². The van der Waals surface area contributed by atoms with E-state index in [1.54, 1.807) is 12.1 Å². The maximum Gasteiger partial charge on any atom is 0.407 e. The molecule has 1 unspecified atom stereocenters. The molecular formula is C17H23ClN2O4. The number of aryl methyl sites for hydroxylation is 1. The van der Waals surface area contributed by atoms with E-state index in [4.69, 9.17) is 21.4 Å². The third-order valence-electron chi connectivity index (χ3n) is 4.62. The van der Waals surface area contributed by atoms with Gasteiger partial charge in [0.15, 0.2) is 0 Å². The van der Waals surface area contributed by atoms with Gasteiger partial charge in [-0.05, 0) is 50.3 Å². The summed E-state index contributed by atoms with van der Waals surface area (Å²) in [7, 11) is 1.35. The number of piperidine rings is 1. The number of carboxylic acid groups (broad SMARTS) is 1. The van der Waals surface area contributed by atoms with E-state index in [0.29, 0.717) is 35.3 Å². The summed E-state index contributed by atoms with van der Waals surface area (Å²) in [6, 6.07) is 3.58. The van der Waals surface area contributed by atoms with Crippen molar-refractivity contribution in [1.29, 1.82) is 0 Å². The molecule has 7 heteroatoms. The summed E-state index contributed by atoms with van der Waals surface area (Å²) < 4.78 is 4.80. The number of likely N-dealkylation sites (tertiary alicyclic amines) is 1. The molecule has 1 amide bonds. The summed E-state index contributed by atoms with van der Waals surface area (Å²) in [4.78, 5) is 24.3. The summed E-state index contributed by atoms with van der Waals surface area (Å²) in [5, 5.41) is 12.9. The van der Waals surface area contributed by atoms with Crippen LogP contribution in [0.2, 0.25) is 5.02 Å². The first-order chi connectivity index (χ1) is 11.3. The third-order valence-corrected chi connectivity index (χ3v) is 4.93. The molecule has 6 nitrogen and oxygen atoms in total. The predicted molar refractivity (Wildman–Crippen MR) is 92.9 cm³/mol. The molecule has 1 fully saturated rings. The van der Waals surface area contributed by atoms with Gasteiger partial charge in [-0.15, -0.1) is 0 Å². The number of anilines is 1. The van der Waals surface area contributed by atoms with E-state index in [1.807, 2.05) is 6.92 Å². The highest BCUT2D eigenvalue weighted by Crippen LogP contribution is 2.30. The maximum absolute atomic E-state index is 11.8. The molecule has 1 aliphatic heterocycles. The number of carbonyl (C=O) groups excluding carboxylic acids is 1. The topological polar surface area (TPSA) is 78.9 Å². The van der Waals surface area contributed by atoms with Gasteiger partial charge in [0.25, 0.3) is 0 Å². The summed E-state index contributed by atoms with van der Waals surface area (Å²) >= 11 is 6.30. The van der Waals surface area contributed by atoms with Gasteiger partial charge < -0.3 is 20.1 Å². The Kier molecular flexibility index (Phi) is 5.94. The lowest BCUT2D eigenvalue weighted by atomic mass is 9.90. The predicted octanol–water partition coefficient (Wildman–Crippen LogP) is 3.63. The minimum absolute atomic E-state index is 0.117. The summed E-state index contributed by atoms with van der Waals surface area (Å²) in [5.41, 5.74) is 1.94. The molecule has 24 heavy (non-hydrogen) atoms. The largest absolute Gasteiger partial charge is 0.465 e. The van der Waals surface area contributed by atoms with Crippen LogP contribution < -0.4 is 5.32 Å². The number of carbonyl (C=O) groups is 2. The van der Waals surface area contributed by atoms with Crippen molar-refractivity contribution in [1.82, 2.24) is 4.90 Å². The van der Waals surface area contributed by atoms with Gasteiger partial charge in [-0.3, -0.25) is 0 Å². The lowest BCUT2D eigenvalue weighted by molar-refractivity contribution is 0.0600. The van der Waals surface area contributed by atoms with Gasteiger partial charge in [0, 0.05) is 19.1 Å². The van der Waals surface area contributed by atoms with Gasteiger partial charge in [0.05, 0.1) is 23.4 Å². The Balaban J connectivity index is 2.08. The molecule has 1 saturated heterocycles. The van der Waals surface area contributed by atoms with Crippen LogP contribution in [0.25, 0.3) is 0 Å². The van der Waals surface area contributed by atoms with E-state index in [0.717, 1.165) is 18.4 Å². The highest BCUT2D eigenvalue weighted by Gasteiger charge is 2.26. The number of ether oxygens (including phenoxy) is 1. The van der Waals surface area contributed by atoms with E-state index in [9.17, 15) is 9.59 Å². The van der Waals surface area contributed by atoms with Crippen molar-refractivity contribution in [2.75, 3.05) is 25.5 Å². The van der Waals surface area contributed by atoms with Crippen LogP contribution in [0.4, 0.5) is 10.5 Å². The van der Waals surface area contributed by atoms with Crippen molar-refractivity contribution in [3.8, 4) is 0 Å². The fraction of sp³-hybridized carbons (Fsp3) is 0.529. The first kappa shape index (κ1) is 18.4. The second-order valence-electron chi connectivity index (χ2n) is 6.18. The average Bonchev–Trinajstić information content (AvgIpc) is 2.56. The number of halogens is 1. The molecule has 0 aromatic heterocycles. The molecular weight excluding hydrogens is 332 g/mol. The van der Waals surface area contributed by atoms with Crippen molar-refractivity contribution in [2.45, 2.75) is 32.7 Å². The zero-order chi connectivity index (χ0) is 17.9. The third kappa shape index (κ3) is 4.12. The lowest BCUT2D eigenvalue weighted by Gasteiger charge is -2.34. The van der Waals surface area contributed by atoms with Gasteiger partial charge in [-0.1, -0.05) is 11.6 Å². The number of nitrogens with zero attached hydrogens (tertiary/aromatic N) is 1. The molecule has 0 bridgehead atoms. The smallest absolute Gasteiger partial charge is 0.407 e. The SMILES string of the molecule is COC(=O)c1cc(NC(C)C2CCN(C(=O)O)CC2)c(Cl)cc1C. The van der Waals surface area contributed by atoms with Gasteiger partial charge in [-0.2, -0.15) is 0 Å².